The minimum atomic E-state index is 0.782. The molecule has 2 heteroatoms. The maximum Gasteiger partial charge on any atom is -0.00490 e. The van der Waals surface area contributed by atoms with Crippen molar-refractivity contribution in [1.29, 1.82) is 0 Å². The summed E-state index contributed by atoms with van der Waals surface area (Å²) in [6, 6.07) is 0. The van der Waals surface area contributed by atoms with Gasteiger partial charge in [0.1, 0.15) is 0 Å². The van der Waals surface area contributed by atoms with Gasteiger partial charge in [-0.05, 0) is 31.8 Å². The van der Waals surface area contributed by atoms with E-state index in [1.807, 2.05) is 0 Å². The van der Waals surface area contributed by atoms with Crippen molar-refractivity contribution in [1.82, 2.24) is 0 Å². The van der Waals surface area contributed by atoms with E-state index >= 15 is 0 Å². The van der Waals surface area contributed by atoms with Crippen molar-refractivity contribution in [2.45, 2.75) is 111 Å². The molecule has 0 aliphatic rings. The maximum absolute atomic E-state index is 5.52. The zero-order valence-corrected chi connectivity index (χ0v) is 16.0. The summed E-state index contributed by atoms with van der Waals surface area (Å²) in [5.41, 5.74) is 10.9. The quantitative estimate of drug-likeness (QED) is 0.363. The van der Waals surface area contributed by atoms with Gasteiger partial charge in [0, 0.05) is 0 Å². The van der Waals surface area contributed by atoms with E-state index in [9.17, 15) is 0 Å². The van der Waals surface area contributed by atoms with Gasteiger partial charge in [0.05, 0.1) is 0 Å². The standard InChI is InChI=1S/C12H27N.C8H19N/c1-2-3-4-5-6-7-8-9-10-11-12-13;1-3-5-6-8(4-2)7-9/h2-13H2,1H3;8H,3-7,9H2,1-2H3. The SMILES string of the molecule is CCCCC(CC)CN.CCCCCCCCCCCCN. The lowest BCUT2D eigenvalue weighted by Crippen LogP contribution is -2.12. The number of rotatable bonds is 15. The van der Waals surface area contributed by atoms with Crippen molar-refractivity contribution in [3.8, 4) is 0 Å². The predicted molar refractivity (Wildman–Crippen MR) is 103 cm³/mol. The zero-order valence-electron chi connectivity index (χ0n) is 16.0. The van der Waals surface area contributed by atoms with Crippen LogP contribution >= 0.6 is 0 Å². The fourth-order valence-electron chi connectivity index (χ4n) is 2.61. The van der Waals surface area contributed by atoms with Crippen LogP contribution in [-0.4, -0.2) is 13.1 Å². The van der Waals surface area contributed by atoms with Gasteiger partial charge >= 0.3 is 0 Å². The molecule has 0 aromatic heterocycles. The summed E-state index contributed by atoms with van der Waals surface area (Å²) in [7, 11) is 0. The molecule has 2 nitrogen and oxygen atoms in total. The van der Waals surface area contributed by atoms with Crippen LogP contribution in [0, 0.1) is 5.92 Å². The molecule has 0 rings (SSSR count). The number of unbranched alkanes of at least 4 members (excludes halogenated alkanes) is 10. The summed E-state index contributed by atoms with van der Waals surface area (Å²) in [5, 5.41) is 0. The highest BCUT2D eigenvalue weighted by Gasteiger charge is 2.00. The molecule has 1 atom stereocenters. The van der Waals surface area contributed by atoms with Crippen LogP contribution in [0.2, 0.25) is 0 Å². The first kappa shape index (κ1) is 24.2. The summed E-state index contributed by atoms with van der Waals surface area (Å²) in [4.78, 5) is 0. The van der Waals surface area contributed by atoms with Gasteiger partial charge in [-0.25, -0.2) is 0 Å². The van der Waals surface area contributed by atoms with Crippen molar-refractivity contribution in [3.63, 3.8) is 0 Å². The molecule has 22 heavy (non-hydrogen) atoms. The molecular formula is C20H46N2. The molecule has 136 valence electrons. The minimum absolute atomic E-state index is 0.782. The van der Waals surface area contributed by atoms with E-state index < -0.39 is 0 Å². The first-order chi connectivity index (χ1) is 10.8. The number of hydrogen-bond donors (Lipinski definition) is 2. The van der Waals surface area contributed by atoms with Gasteiger partial charge in [-0.15, -0.1) is 0 Å². The lowest BCUT2D eigenvalue weighted by atomic mass is 10.00. The number of hydrogen-bond acceptors (Lipinski definition) is 2. The molecule has 1 unspecified atom stereocenters. The third kappa shape index (κ3) is 22.2. The molecule has 0 radical (unpaired) electrons. The Morgan fingerprint density at radius 1 is 0.591 bits per heavy atom. The topological polar surface area (TPSA) is 52.0 Å². The van der Waals surface area contributed by atoms with Crippen molar-refractivity contribution in [2.24, 2.45) is 17.4 Å². The van der Waals surface area contributed by atoms with E-state index in [0.29, 0.717) is 0 Å². The van der Waals surface area contributed by atoms with Crippen LogP contribution in [0.1, 0.15) is 111 Å². The molecular weight excluding hydrogens is 268 g/mol. The molecule has 0 spiro atoms. The minimum Gasteiger partial charge on any atom is -0.330 e. The van der Waals surface area contributed by atoms with Gasteiger partial charge < -0.3 is 11.5 Å². The third-order valence-corrected chi connectivity index (χ3v) is 4.43. The Balaban J connectivity index is 0. The normalized spacial score (nSPS) is 11.9. The van der Waals surface area contributed by atoms with Gasteiger partial charge in [0.25, 0.3) is 0 Å². The molecule has 0 bridgehead atoms. The highest BCUT2D eigenvalue weighted by Crippen LogP contribution is 2.10. The van der Waals surface area contributed by atoms with E-state index in [2.05, 4.69) is 20.8 Å². The summed E-state index contributed by atoms with van der Waals surface area (Å²) in [5.74, 6) is 0.782. The predicted octanol–water partition coefficient (Wildman–Crippen LogP) is 6.03. The highest BCUT2D eigenvalue weighted by atomic mass is 14.5. The molecule has 4 N–H and O–H groups in total. The molecule has 0 aliphatic heterocycles. The van der Waals surface area contributed by atoms with Gasteiger partial charge in [-0.3, -0.25) is 0 Å². The third-order valence-electron chi connectivity index (χ3n) is 4.43. The molecule has 0 saturated carbocycles. The molecule has 0 aromatic carbocycles. The first-order valence-electron chi connectivity index (χ1n) is 10.2. The van der Waals surface area contributed by atoms with Crippen LogP contribution in [0.4, 0.5) is 0 Å². The Morgan fingerprint density at radius 3 is 1.41 bits per heavy atom. The highest BCUT2D eigenvalue weighted by molar-refractivity contribution is 4.56. The Labute approximate surface area is 141 Å². The molecule has 0 fully saturated rings. The molecule has 0 aliphatic carbocycles. The van der Waals surface area contributed by atoms with Crippen molar-refractivity contribution >= 4 is 0 Å². The largest absolute Gasteiger partial charge is 0.330 e. The van der Waals surface area contributed by atoms with E-state index in [-0.39, 0.29) is 0 Å². The molecule has 0 heterocycles. The van der Waals surface area contributed by atoms with Gasteiger partial charge in [0.15, 0.2) is 0 Å². The second-order valence-corrected chi connectivity index (χ2v) is 6.62. The fourth-order valence-corrected chi connectivity index (χ4v) is 2.61. The lowest BCUT2D eigenvalue weighted by molar-refractivity contribution is 0.461. The Hall–Kier alpha value is -0.0800. The summed E-state index contributed by atoms with van der Waals surface area (Å²) >= 11 is 0. The van der Waals surface area contributed by atoms with Crippen LogP contribution in [0.5, 0.6) is 0 Å². The van der Waals surface area contributed by atoms with E-state index in [4.69, 9.17) is 11.5 Å². The van der Waals surface area contributed by atoms with Crippen molar-refractivity contribution in [3.05, 3.63) is 0 Å². The summed E-state index contributed by atoms with van der Waals surface area (Å²) < 4.78 is 0. The number of nitrogens with two attached hydrogens (primary N) is 2. The zero-order chi connectivity index (χ0) is 16.9. The first-order valence-corrected chi connectivity index (χ1v) is 10.2. The van der Waals surface area contributed by atoms with Crippen molar-refractivity contribution in [2.75, 3.05) is 13.1 Å². The van der Waals surface area contributed by atoms with Crippen molar-refractivity contribution < 1.29 is 0 Å². The Bertz CT molecular complexity index is 157. The average Bonchev–Trinajstić information content (AvgIpc) is 2.55. The van der Waals surface area contributed by atoms with Crippen LogP contribution in [0.15, 0.2) is 0 Å². The fraction of sp³-hybridized carbons (Fsp3) is 1.00. The van der Waals surface area contributed by atoms with Gasteiger partial charge in [-0.1, -0.05) is 97.8 Å². The Kier molecular flexibility index (Phi) is 25.5. The summed E-state index contributed by atoms with van der Waals surface area (Å²) in [6.07, 6.45) is 19.1. The maximum atomic E-state index is 5.52. The molecule has 0 aromatic rings. The summed E-state index contributed by atoms with van der Waals surface area (Å²) in [6.45, 7) is 8.45. The van der Waals surface area contributed by atoms with Gasteiger partial charge in [-0.2, -0.15) is 0 Å². The van der Waals surface area contributed by atoms with E-state index in [1.54, 1.807) is 0 Å². The Morgan fingerprint density at radius 2 is 1.05 bits per heavy atom. The van der Waals surface area contributed by atoms with Gasteiger partial charge in [0.2, 0.25) is 0 Å². The van der Waals surface area contributed by atoms with Crippen LogP contribution in [-0.2, 0) is 0 Å². The average molecular weight is 315 g/mol. The molecule has 0 saturated heterocycles. The van der Waals surface area contributed by atoms with Crippen LogP contribution in [0.3, 0.4) is 0 Å². The smallest absolute Gasteiger partial charge is 0.00490 e. The second kappa shape index (κ2) is 23.2. The lowest BCUT2D eigenvalue weighted by Gasteiger charge is -2.09. The molecule has 0 amide bonds. The van der Waals surface area contributed by atoms with E-state index in [1.165, 1.54) is 89.9 Å². The van der Waals surface area contributed by atoms with E-state index in [0.717, 1.165) is 19.0 Å². The van der Waals surface area contributed by atoms with Crippen LogP contribution < -0.4 is 11.5 Å². The monoisotopic (exact) mass is 314 g/mol. The van der Waals surface area contributed by atoms with Crippen LogP contribution in [0.25, 0.3) is 0 Å². The second-order valence-electron chi connectivity index (χ2n) is 6.62.